The molecule has 0 saturated heterocycles. The van der Waals surface area contributed by atoms with Gasteiger partial charge in [-0.2, -0.15) is 0 Å². The van der Waals surface area contributed by atoms with Gasteiger partial charge in [0.1, 0.15) is 5.52 Å². The zero-order chi connectivity index (χ0) is 25.3. The van der Waals surface area contributed by atoms with E-state index in [-0.39, 0.29) is 28.3 Å². The molecule has 1 amide bonds. The van der Waals surface area contributed by atoms with Crippen LogP contribution < -0.4 is 10.1 Å². The van der Waals surface area contributed by atoms with Crippen molar-refractivity contribution in [3.63, 3.8) is 0 Å². The van der Waals surface area contributed by atoms with E-state index in [9.17, 15) is 4.79 Å². The summed E-state index contributed by atoms with van der Waals surface area (Å²) >= 11 is 18.9. The fourth-order valence-corrected chi connectivity index (χ4v) is 4.50. The molecule has 0 fully saturated rings. The molecule has 0 aliphatic heterocycles. The van der Waals surface area contributed by atoms with Crippen LogP contribution in [0.5, 0.6) is 5.75 Å². The Morgan fingerprint density at radius 3 is 2.31 bits per heavy atom. The molecule has 0 aliphatic carbocycles. The number of nitrogens with one attached hydrogen (secondary N) is 1. The highest BCUT2D eigenvalue weighted by molar-refractivity contribution is 6.42. The number of benzene rings is 3. The van der Waals surface area contributed by atoms with Gasteiger partial charge in [-0.3, -0.25) is 4.79 Å². The maximum Gasteiger partial charge on any atom is 0.262 e. The number of oxazole rings is 1. The van der Waals surface area contributed by atoms with Crippen LogP contribution in [0.3, 0.4) is 0 Å². The van der Waals surface area contributed by atoms with Crippen molar-refractivity contribution in [3.8, 4) is 17.2 Å². The Morgan fingerprint density at radius 2 is 1.69 bits per heavy atom. The average Bonchev–Trinajstić information content (AvgIpc) is 3.29. The lowest BCUT2D eigenvalue weighted by molar-refractivity contribution is -0.118. The van der Waals surface area contributed by atoms with Crippen molar-refractivity contribution in [1.82, 2.24) is 4.98 Å². The molecule has 1 heterocycles. The Labute approximate surface area is 219 Å². The summed E-state index contributed by atoms with van der Waals surface area (Å²) in [4.78, 5) is 17.1. The Hall–Kier alpha value is -2.73. The summed E-state index contributed by atoms with van der Waals surface area (Å²) in [6.07, 6.45) is 1.06. The van der Waals surface area contributed by atoms with Gasteiger partial charge in [-0.15, -0.1) is 0 Å². The molecule has 1 aromatic heterocycles. The smallest absolute Gasteiger partial charge is 0.262 e. The molecule has 35 heavy (non-hydrogen) atoms. The number of carbonyl (C=O) groups excluding carboxylic acids is 1. The quantitative estimate of drug-likeness (QED) is 0.259. The molecule has 0 bridgehead atoms. The molecule has 0 unspecified atom stereocenters. The van der Waals surface area contributed by atoms with Gasteiger partial charge >= 0.3 is 0 Å². The molecule has 1 atom stereocenters. The Bertz CT molecular complexity index is 1370. The average molecular weight is 532 g/mol. The number of anilines is 1. The highest BCUT2D eigenvalue weighted by Crippen LogP contribution is 2.42. The van der Waals surface area contributed by atoms with Gasteiger partial charge < -0.3 is 14.5 Å². The van der Waals surface area contributed by atoms with Crippen molar-refractivity contribution in [3.05, 3.63) is 74.2 Å². The van der Waals surface area contributed by atoms with E-state index >= 15 is 0 Å². The van der Waals surface area contributed by atoms with Crippen LogP contribution in [0.15, 0.2) is 46.9 Å². The summed E-state index contributed by atoms with van der Waals surface area (Å²) in [5.74, 6) is 0.881. The van der Waals surface area contributed by atoms with Crippen LogP contribution in [-0.4, -0.2) is 17.5 Å². The second kappa shape index (κ2) is 10.5. The van der Waals surface area contributed by atoms with Crippen molar-refractivity contribution < 1.29 is 13.9 Å². The van der Waals surface area contributed by atoms with Gasteiger partial charge in [0.25, 0.3) is 5.91 Å². The second-order valence-electron chi connectivity index (χ2n) is 8.49. The summed E-state index contributed by atoms with van der Waals surface area (Å²) in [5, 5.41) is 3.85. The van der Waals surface area contributed by atoms with Crippen LogP contribution in [-0.2, 0) is 4.79 Å². The lowest BCUT2D eigenvalue weighted by atomic mass is 9.98. The lowest BCUT2D eigenvalue weighted by Crippen LogP contribution is -2.20. The first-order valence-corrected chi connectivity index (χ1v) is 12.4. The molecule has 8 heteroatoms. The molecule has 0 spiro atoms. The Morgan fingerprint density at radius 1 is 1.03 bits per heavy atom. The minimum absolute atomic E-state index is 0.241. The number of halogens is 3. The maximum atomic E-state index is 12.4. The molecule has 3 aromatic carbocycles. The molecule has 182 valence electrons. The number of hydrogen-bond acceptors (Lipinski definition) is 4. The van der Waals surface area contributed by atoms with Crippen LogP contribution in [0, 0.1) is 13.8 Å². The number of aromatic nitrogens is 1. The topological polar surface area (TPSA) is 64.4 Å². The second-order valence-corrected chi connectivity index (χ2v) is 9.62. The summed E-state index contributed by atoms with van der Waals surface area (Å²) in [5.41, 5.74) is 5.54. The van der Waals surface area contributed by atoms with Gasteiger partial charge in [0.2, 0.25) is 5.89 Å². The lowest BCUT2D eigenvalue weighted by Gasteiger charge is -2.15. The number of amides is 1. The molecule has 1 N–H and O–H groups in total. The first-order valence-electron chi connectivity index (χ1n) is 11.3. The predicted octanol–water partition coefficient (Wildman–Crippen LogP) is 8.60. The number of fused-ring (bicyclic) bond motifs is 1. The Kier molecular flexibility index (Phi) is 7.60. The fourth-order valence-electron chi connectivity index (χ4n) is 3.68. The summed E-state index contributed by atoms with van der Waals surface area (Å²) in [6.45, 7) is 7.64. The fraction of sp³-hybridized carbons (Fsp3) is 0.259. The van der Waals surface area contributed by atoms with E-state index in [0.29, 0.717) is 33.6 Å². The summed E-state index contributed by atoms with van der Waals surface area (Å²) in [7, 11) is 0. The predicted molar refractivity (Wildman–Crippen MR) is 143 cm³/mol. The first-order chi connectivity index (χ1) is 16.7. The van der Waals surface area contributed by atoms with Crippen molar-refractivity contribution in [1.29, 1.82) is 0 Å². The van der Waals surface area contributed by atoms with Gasteiger partial charge in [0, 0.05) is 16.3 Å². The van der Waals surface area contributed by atoms with E-state index in [1.165, 1.54) is 5.56 Å². The Balaban J connectivity index is 1.43. The first kappa shape index (κ1) is 25.4. The van der Waals surface area contributed by atoms with Gasteiger partial charge in [0.15, 0.2) is 17.9 Å². The van der Waals surface area contributed by atoms with E-state index in [1.807, 2.05) is 18.2 Å². The van der Waals surface area contributed by atoms with Gasteiger partial charge in [-0.05, 0) is 79.3 Å². The summed E-state index contributed by atoms with van der Waals surface area (Å²) < 4.78 is 11.5. The SMILES string of the molecule is CC[C@@H](C)c1ccc2oc(-c3ccc(NC(=O)COc4c(Cl)c(C)c(Cl)c(C)c4Cl)cc3)nc2c1. The third-order valence-electron chi connectivity index (χ3n) is 6.07. The molecule has 4 aromatic rings. The third-order valence-corrected chi connectivity index (χ3v) is 7.55. The van der Waals surface area contributed by atoms with Gasteiger partial charge in [-0.1, -0.05) is 54.7 Å². The molecule has 4 rings (SSSR count). The zero-order valence-electron chi connectivity index (χ0n) is 19.8. The van der Waals surface area contributed by atoms with Crippen LogP contribution in [0.1, 0.15) is 42.9 Å². The van der Waals surface area contributed by atoms with E-state index in [4.69, 9.17) is 44.0 Å². The normalized spacial score (nSPS) is 12.1. The molecular formula is C27H25Cl3N2O3. The minimum atomic E-state index is -0.352. The molecule has 0 saturated carbocycles. The van der Waals surface area contributed by atoms with Crippen molar-refractivity contribution in [2.75, 3.05) is 11.9 Å². The monoisotopic (exact) mass is 530 g/mol. The van der Waals surface area contributed by atoms with Crippen LogP contribution in [0.25, 0.3) is 22.6 Å². The molecule has 0 radical (unpaired) electrons. The van der Waals surface area contributed by atoms with Crippen molar-refractivity contribution >= 4 is 57.5 Å². The number of hydrogen-bond donors (Lipinski definition) is 1. The van der Waals surface area contributed by atoms with Crippen LogP contribution >= 0.6 is 34.8 Å². The number of ether oxygens (including phenoxy) is 1. The molecule has 5 nitrogen and oxygen atoms in total. The number of nitrogens with zero attached hydrogens (tertiary/aromatic N) is 1. The van der Waals surface area contributed by atoms with Crippen molar-refractivity contribution in [2.24, 2.45) is 0 Å². The number of carbonyl (C=O) groups is 1. The van der Waals surface area contributed by atoms with E-state index in [2.05, 4.69) is 36.3 Å². The summed E-state index contributed by atoms with van der Waals surface area (Å²) in [6, 6.07) is 13.4. The minimum Gasteiger partial charge on any atom is -0.481 e. The van der Waals surface area contributed by atoms with Gasteiger partial charge in [0.05, 0.1) is 10.0 Å². The largest absolute Gasteiger partial charge is 0.481 e. The standard InChI is InChI=1S/C27H25Cl3N2O3/c1-5-14(2)18-8-11-21-20(12-18)32-27(35-21)17-6-9-19(10-7-17)31-22(33)13-34-26-24(29)15(3)23(28)16(4)25(26)30/h6-12,14H,5,13H2,1-4H3,(H,31,33)/t14-/m1/s1. The van der Waals surface area contributed by atoms with E-state index in [0.717, 1.165) is 23.1 Å². The van der Waals surface area contributed by atoms with E-state index in [1.54, 1.807) is 26.0 Å². The van der Waals surface area contributed by atoms with Gasteiger partial charge in [-0.25, -0.2) is 4.98 Å². The highest BCUT2D eigenvalue weighted by Gasteiger charge is 2.19. The highest BCUT2D eigenvalue weighted by atomic mass is 35.5. The molecular weight excluding hydrogens is 507 g/mol. The van der Waals surface area contributed by atoms with Crippen molar-refractivity contribution in [2.45, 2.75) is 40.0 Å². The van der Waals surface area contributed by atoms with E-state index < -0.39 is 0 Å². The van der Waals surface area contributed by atoms with Crippen LogP contribution in [0.2, 0.25) is 15.1 Å². The molecule has 0 aliphatic rings. The van der Waals surface area contributed by atoms with Crippen LogP contribution in [0.4, 0.5) is 5.69 Å². The maximum absolute atomic E-state index is 12.4. The number of rotatable bonds is 7. The third kappa shape index (κ3) is 5.27. The zero-order valence-corrected chi connectivity index (χ0v) is 22.1.